The van der Waals surface area contributed by atoms with Gasteiger partial charge in [0.05, 0.1) is 4.83 Å². The number of nitrogens with one attached hydrogen (secondary N) is 1. The lowest BCUT2D eigenvalue weighted by Gasteiger charge is -2.24. The van der Waals surface area contributed by atoms with E-state index in [0.717, 1.165) is 12.8 Å². The second-order valence-corrected chi connectivity index (χ2v) is 5.48. The molecule has 1 atom stereocenters. The molecule has 0 saturated heterocycles. The number of carbonyl (C=O) groups excluding carboxylic acids is 1. The summed E-state index contributed by atoms with van der Waals surface area (Å²) in [5.41, 5.74) is 0. The second kappa shape index (κ2) is 5.74. The molecular formula is C11H20BrNO. The van der Waals surface area contributed by atoms with Crippen LogP contribution in [0.15, 0.2) is 0 Å². The van der Waals surface area contributed by atoms with Crippen LogP contribution in [0.3, 0.4) is 0 Å². The summed E-state index contributed by atoms with van der Waals surface area (Å²) >= 11 is 3.42. The van der Waals surface area contributed by atoms with Gasteiger partial charge in [-0.05, 0) is 18.8 Å². The van der Waals surface area contributed by atoms with Crippen LogP contribution in [0.2, 0.25) is 0 Å². The molecule has 1 aliphatic carbocycles. The third-order valence-electron chi connectivity index (χ3n) is 2.79. The van der Waals surface area contributed by atoms with Gasteiger partial charge in [-0.3, -0.25) is 4.79 Å². The second-order valence-electron chi connectivity index (χ2n) is 4.49. The molecule has 14 heavy (non-hydrogen) atoms. The predicted octanol–water partition coefficient (Wildman–Crippen LogP) is 2.85. The highest BCUT2D eigenvalue weighted by Crippen LogP contribution is 2.19. The molecule has 3 heteroatoms. The molecule has 1 rings (SSSR count). The van der Waals surface area contributed by atoms with Gasteiger partial charge in [0, 0.05) is 6.04 Å². The Bertz CT molecular complexity index is 188. The van der Waals surface area contributed by atoms with Gasteiger partial charge in [-0.1, -0.05) is 49.0 Å². The fourth-order valence-corrected chi connectivity index (χ4v) is 1.96. The normalized spacial score (nSPS) is 20.9. The first kappa shape index (κ1) is 12.0. The number of hydrogen-bond donors (Lipinski definition) is 1. The summed E-state index contributed by atoms with van der Waals surface area (Å²) in [6, 6.07) is 0.426. The lowest BCUT2D eigenvalue weighted by molar-refractivity contribution is -0.122. The Morgan fingerprint density at radius 1 is 1.29 bits per heavy atom. The predicted molar refractivity (Wildman–Crippen MR) is 62.6 cm³/mol. The molecule has 0 unspecified atom stereocenters. The van der Waals surface area contributed by atoms with Crippen molar-refractivity contribution in [1.29, 1.82) is 0 Å². The first-order valence-corrected chi connectivity index (χ1v) is 6.47. The largest absolute Gasteiger partial charge is 0.352 e. The minimum Gasteiger partial charge on any atom is -0.352 e. The maximum atomic E-state index is 11.7. The summed E-state index contributed by atoms with van der Waals surface area (Å²) < 4.78 is 0. The molecule has 1 amide bonds. The molecule has 0 aromatic carbocycles. The third kappa shape index (κ3) is 3.60. The van der Waals surface area contributed by atoms with Gasteiger partial charge in [0.2, 0.25) is 5.91 Å². The number of amides is 1. The van der Waals surface area contributed by atoms with Crippen LogP contribution in [0.5, 0.6) is 0 Å². The van der Waals surface area contributed by atoms with E-state index in [1.54, 1.807) is 0 Å². The van der Waals surface area contributed by atoms with Crippen LogP contribution in [0, 0.1) is 5.92 Å². The van der Waals surface area contributed by atoms with Gasteiger partial charge in [0.15, 0.2) is 0 Å². The minimum atomic E-state index is -0.0376. The van der Waals surface area contributed by atoms with Crippen molar-refractivity contribution in [3.63, 3.8) is 0 Å². The van der Waals surface area contributed by atoms with Crippen LogP contribution in [0.4, 0.5) is 0 Å². The topological polar surface area (TPSA) is 29.1 Å². The van der Waals surface area contributed by atoms with Crippen molar-refractivity contribution in [1.82, 2.24) is 5.32 Å². The Morgan fingerprint density at radius 3 is 2.36 bits per heavy atom. The minimum absolute atomic E-state index is 0.0376. The van der Waals surface area contributed by atoms with Crippen molar-refractivity contribution in [2.24, 2.45) is 5.92 Å². The SMILES string of the molecule is CC(C)[C@H](Br)C(=O)NC1CCCCC1. The highest BCUT2D eigenvalue weighted by Gasteiger charge is 2.22. The zero-order valence-corrected chi connectivity index (χ0v) is 10.6. The van der Waals surface area contributed by atoms with E-state index in [9.17, 15) is 4.79 Å². The van der Waals surface area contributed by atoms with Gasteiger partial charge in [0.25, 0.3) is 0 Å². The molecule has 2 nitrogen and oxygen atoms in total. The monoisotopic (exact) mass is 261 g/mol. The van der Waals surface area contributed by atoms with E-state index in [2.05, 4.69) is 35.1 Å². The van der Waals surface area contributed by atoms with Crippen LogP contribution < -0.4 is 5.32 Å². The Morgan fingerprint density at radius 2 is 1.86 bits per heavy atom. The molecule has 0 aromatic heterocycles. The molecule has 0 aromatic rings. The van der Waals surface area contributed by atoms with E-state index < -0.39 is 0 Å². The molecule has 1 N–H and O–H groups in total. The first-order chi connectivity index (χ1) is 6.61. The fourth-order valence-electron chi connectivity index (χ4n) is 1.83. The van der Waals surface area contributed by atoms with Crippen LogP contribution in [0.25, 0.3) is 0 Å². The van der Waals surface area contributed by atoms with Crippen LogP contribution >= 0.6 is 15.9 Å². The average molecular weight is 262 g/mol. The molecule has 0 bridgehead atoms. The summed E-state index contributed by atoms with van der Waals surface area (Å²) in [6.07, 6.45) is 6.17. The highest BCUT2D eigenvalue weighted by molar-refractivity contribution is 9.10. The molecule has 0 aliphatic heterocycles. The van der Waals surface area contributed by atoms with Gasteiger partial charge in [-0.15, -0.1) is 0 Å². The summed E-state index contributed by atoms with van der Waals surface area (Å²) in [5.74, 6) is 0.519. The van der Waals surface area contributed by atoms with Crippen molar-refractivity contribution in [3.05, 3.63) is 0 Å². The van der Waals surface area contributed by atoms with E-state index in [0.29, 0.717) is 12.0 Å². The molecule has 0 radical (unpaired) electrons. The molecule has 1 saturated carbocycles. The van der Waals surface area contributed by atoms with Crippen molar-refractivity contribution < 1.29 is 4.79 Å². The van der Waals surface area contributed by atoms with Gasteiger partial charge >= 0.3 is 0 Å². The highest BCUT2D eigenvalue weighted by atomic mass is 79.9. The lowest BCUT2D eigenvalue weighted by Crippen LogP contribution is -2.41. The van der Waals surface area contributed by atoms with Crippen LogP contribution in [-0.2, 0) is 4.79 Å². The van der Waals surface area contributed by atoms with E-state index >= 15 is 0 Å². The molecule has 82 valence electrons. The van der Waals surface area contributed by atoms with E-state index in [4.69, 9.17) is 0 Å². The van der Waals surface area contributed by atoms with E-state index in [1.165, 1.54) is 19.3 Å². The number of hydrogen-bond acceptors (Lipinski definition) is 1. The Balaban J connectivity index is 2.31. The van der Waals surface area contributed by atoms with Crippen molar-refractivity contribution in [3.8, 4) is 0 Å². The van der Waals surface area contributed by atoms with Crippen LogP contribution in [0.1, 0.15) is 46.0 Å². The molecule has 1 aliphatic rings. The summed E-state index contributed by atoms with van der Waals surface area (Å²) in [5, 5.41) is 3.11. The van der Waals surface area contributed by atoms with Gasteiger partial charge in [-0.25, -0.2) is 0 Å². The molecule has 0 spiro atoms. The van der Waals surface area contributed by atoms with Crippen molar-refractivity contribution in [2.75, 3.05) is 0 Å². The maximum Gasteiger partial charge on any atom is 0.234 e. The van der Waals surface area contributed by atoms with Gasteiger partial charge in [-0.2, -0.15) is 0 Å². The van der Waals surface area contributed by atoms with Gasteiger partial charge < -0.3 is 5.32 Å². The Hall–Kier alpha value is -0.0500. The fraction of sp³-hybridized carbons (Fsp3) is 0.909. The van der Waals surface area contributed by atoms with Crippen LogP contribution in [-0.4, -0.2) is 16.8 Å². The molecular weight excluding hydrogens is 242 g/mol. The van der Waals surface area contributed by atoms with Crippen molar-refractivity contribution >= 4 is 21.8 Å². The maximum absolute atomic E-state index is 11.7. The zero-order valence-electron chi connectivity index (χ0n) is 9.05. The van der Waals surface area contributed by atoms with E-state index in [1.807, 2.05) is 0 Å². The Labute approximate surface area is 95.0 Å². The smallest absolute Gasteiger partial charge is 0.234 e. The quantitative estimate of drug-likeness (QED) is 0.778. The van der Waals surface area contributed by atoms with Gasteiger partial charge in [0.1, 0.15) is 0 Å². The van der Waals surface area contributed by atoms with Crippen molar-refractivity contribution in [2.45, 2.75) is 56.8 Å². The molecule has 0 heterocycles. The molecule has 1 fully saturated rings. The number of alkyl halides is 1. The number of rotatable bonds is 3. The number of halogens is 1. The lowest BCUT2D eigenvalue weighted by atomic mass is 9.95. The Kier molecular flexibility index (Phi) is 4.93. The summed E-state index contributed by atoms with van der Waals surface area (Å²) in [7, 11) is 0. The zero-order chi connectivity index (χ0) is 10.6. The van der Waals surface area contributed by atoms with E-state index in [-0.39, 0.29) is 10.7 Å². The average Bonchev–Trinajstić information content (AvgIpc) is 2.18. The standard InChI is InChI=1S/C11H20BrNO/c1-8(2)10(12)11(14)13-9-6-4-3-5-7-9/h8-10H,3-7H2,1-2H3,(H,13,14)/t10-/m0/s1. The third-order valence-corrected chi connectivity index (χ3v) is 4.26. The summed E-state index contributed by atoms with van der Waals surface area (Å²) in [4.78, 5) is 11.7. The first-order valence-electron chi connectivity index (χ1n) is 5.55. The summed E-state index contributed by atoms with van der Waals surface area (Å²) in [6.45, 7) is 4.11. The number of carbonyl (C=O) groups is 1.